The summed E-state index contributed by atoms with van der Waals surface area (Å²) in [5.74, 6) is 7.20. The van der Waals surface area contributed by atoms with Crippen LogP contribution in [0.2, 0.25) is 0 Å². The van der Waals surface area contributed by atoms with Gasteiger partial charge in [-0.2, -0.15) is 0 Å². The van der Waals surface area contributed by atoms with Gasteiger partial charge >= 0.3 is 0 Å². The topological polar surface area (TPSA) is 96.1 Å². The van der Waals surface area contributed by atoms with Gasteiger partial charge in [0.05, 0.1) is 6.61 Å². The standard InChI is InChI=1S/C8H15N5O/c1-2-6-11-7(10-3-4-14)5-8(12-6)13-9/h5,14H,2-4,9H2,1H3,(H2,10,11,12,13). The van der Waals surface area contributed by atoms with Crippen molar-refractivity contribution in [2.45, 2.75) is 13.3 Å². The van der Waals surface area contributed by atoms with Crippen LogP contribution >= 0.6 is 0 Å². The summed E-state index contributed by atoms with van der Waals surface area (Å²) in [7, 11) is 0. The molecule has 0 saturated heterocycles. The van der Waals surface area contributed by atoms with Crippen LogP contribution in [0.5, 0.6) is 0 Å². The summed E-state index contributed by atoms with van der Waals surface area (Å²) in [5.41, 5.74) is 2.46. The van der Waals surface area contributed by atoms with E-state index in [0.717, 1.165) is 6.42 Å². The lowest BCUT2D eigenvalue weighted by atomic mass is 10.4. The van der Waals surface area contributed by atoms with Crippen LogP contribution in [0.1, 0.15) is 12.7 Å². The van der Waals surface area contributed by atoms with Gasteiger partial charge in [0.2, 0.25) is 0 Å². The minimum Gasteiger partial charge on any atom is -0.395 e. The highest BCUT2D eigenvalue weighted by molar-refractivity contribution is 5.46. The molecule has 1 heterocycles. The second-order valence-corrected chi connectivity index (χ2v) is 2.70. The van der Waals surface area contributed by atoms with Gasteiger partial charge in [-0.25, -0.2) is 15.8 Å². The molecule has 0 aliphatic heterocycles. The Labute approximate surface area is 82.5 Å². The van der Waals surface area contributed by atoms with E-state index in [1.165, 1.54) is 0 Å². The van der Waals surface area contributed by atoms with Gasteiger partial charge in [0.25, 0.3) is 0 Å². The van der Waals surface area contributed by atoms with Gasteiger partial charge in [0, 0.05) is 19.0 Å². The summed E-state index contributed by atoms with van der Waals surface area (Å²) in [6.45, 7) is 2.49. The van der Waals surface area contributed by atoms with Crippen molar-refractivity contribution in [3.63, 3.8) is 0 Å². The van der Waals surface area contributed by atoms with Crippen molar-refractivity contribution in [2.75, 3.05) is 23.9 Å². The van der Waals surface area contributed by atoms with E-state index in [4.69, 9.17) is 10.9 Å². The molecule has 0 radical (unpaired) electrons. The Morgan fingerprint density at radius 2 is 2.14 bits per heavy atom. The first-order valence-corrected chi connectivity index (χ1v) is 4.49. The molecule has 6 heteroatoms. The molecular formula is C8H15N5O. The second-order valence-electron chi connectivity index (χ2n) is 2.70. The number of nitrogens with zero attached hydrogens (tertiary/aromatic N) is 2. The van der Waals surface area contributed by atoms with Crippen molar-refractivity contribution < 1.29 is 5.11 Å². The minimum absolute atomic E-state index is 0.0663. The van der Waals surface area contributed by atoms with E-state index in [2.05, 4.69) is 20.7 Å². The van der Waals surface area contributed by atoms with Crippen LogP contribution in [0.3, 0.4) is 0 Å². The Kier molecular flexibility index (Phi) is 4.09. The Balaban J connectivity index is 2.81. The van der Waals surface area contributed by atoms with Crippen molar-refractivity contribution in [2.24, 2.45) is 5.84 Å². The molecule has 0 spiro atoms. The van der Waals surface area contributed by atoms with Crippen LogP contribution in [-0.4, -0.2) is 28.2 Å². The van der Waals surface area contributed by atoms with Crippen molar-refractivity contribution in [3.05, 3.63) is 11.9 Å². The fourth-order valence-corrected chi connectivity index (χ4v) is 1.00. The molecule has 0 bridgehead atoms. The lowest BCUT2D eigenvalue weighted by molar-refractivity contribution is 0.311. The van der Waals surface area contributed by atoms with E-state index in [9.17, 15) is 0 Å². The number of nitrogen functional groups attached to an aromatic ring is 1. The van der Waals surface area contributed by atoms with E-state index in [0.29, 0.717) is 24.0 Å². The smallest absolute Gasteiger partial charge is 0.145 e. The maximum absolute atomic E-state index is 8.63. The number of aryl methyl sites for hydroxylation is 1. The Morgan fingerprint density at radius 1 is 1.43 bits per heavy atom. The summed E-state index contributed by atoms with van der Waals surface area (Å²) in [6, 6.07) is 1.69. The number of rotatable bonds is 5. The number of aliphatic hydroxyl groups is 1. The molecule has 78 valence electrons. The van der Waals surface area contributed by atoms with Crippen LogP contribution in [-0.2, 0) is 6.42 Å². The number of hydrogen-bond acceptors (Lipinski definition) is 6. The number of hydrazine groups is 1. The molecule has 1 aromatic heterocycles. The highest BCUT2D eigenvalue weighted by atomic mass is 16.3. The third-order valence-electron chi connectivity index (χ3n) is 1.65. The van der Waals surface area contributed by atoms with E-state index in [1.54, 1.807) is 6.07 Å². The Bertz CT molecular complexity index is 269. The maximum Gasteiger partial charge on any atom is 0.145 e. The maximum atomic E-state index is 8.63. The lowest BCUT2D eigenvalue weighted by Crippen LogP contribution is -2.13. The van der Waals surface area contributed by atoms with Crippen molar-refractivity contribution in [1.29, 1.82) is 0 Å². The lowest BCUT2D eigenvalue weighted by Gasteiger charge is -2.07. The highest BCUT2D eigenvalue weighted by Gasteiger charge is 2.01. The third kappa shape index (κ3) is 2.82. The van der Waals surface area contributed by atoms with Crippen LogP contribution in [0, 0.1) is 0 Å². The van der Waals surface area contributed by atoms with E-state index >= 15 is 0 Å². The van der Waals surface area contributed by atoms with Gasteiger partial charge in [-0.1, -0.05) is 6.92 Å². The first-order valence-electron chi connectivity index (χ1n) is 4.49. The average Bonchev–Trinajstić information content (AvgIpc) is 2.25. The number of nitrogens with two attached hydrogens (primary N) is 1. The number of hydrogen-bond donors (Lipinski definition) is 4. The molecule has 0 saturated carbocycles. The largest absolute Gasteiger partial charge is 0.395 e. The fraction of sp³-hybridized carbons (Fsp3) is 0.500. The predicted octanol–water partition coefficient (Wildman–Crippen LogP) is -0.271. The number of aliphatic hydroxyl groups excluding tert-OH is 1. The van der Waals surface area contributed by atoms with Gasteiger partial charge in [0.1, 0.15) is 17.5 Å². The first kappa shape index (κ1) is 10.7. The summed E-state index contributed by atoms with van der Waals surface area (Å²) < 4.78 is 0. The molecule has 6 nitrogen and oxygen atoms in total. The fourth-order valence-electron chi connectivity index (χ4n) is 1.00. The molecule has 0 unspecified atom stereocenters. The predicted molar refractivity (Wildman–Crippen MR) is 54.8 cm³/mol. The highest BCUT2D eigenvalue weighted by Crippen LogP contribution is 2.10. The van der Waals surface area contributed by atoms with Gasteiger partial charge in [-0.3, -0.25) is 0 Å². The van der Waals surface area contributed by atoms with E-state index in [1.807, 2.05) is 6.92 Å². The third-order valence-corrected chi connectivity index (χ3v) is 1.65. The van der Waals surface area contributed by atoms with Crippen molar-refractivity contribution >= 4 is 11.6 Å². The van der Waals surface area contributed by atoms with Crippen LogP contribution in [0.15, 0.2) is 6.07 Å². The number of aromatic nitrogens is 2. The van der Waals surface area contributed by atoms with Gasteiger partial charge in [0.15, 0.2) is 0 Å². The average molecular weight is 197 g/mol. The molecule has 0 fully saturated rings. The molecule has 1 aromatic rings. The van der Waals surface area contributed by atoms with Gasteiger partial charge in [-0.15, -0.1) is 0 Å². The second kappa shape index (κ2) is 5.36. The van der Waals surface area contributed by atoms with Crippen LogP contribution < -0.4 is 16.6 Å². The van der Waals surface area contributed by atoms with Crippen molar-refractivity contribution in [3.8, 4) is 0 Å². The summed E-state index contributed by atoms with van der Waals surface area (Å²) in [5, 5.41) is 11.6. The molecule has 0 aliphatic rings. The molecule has 14 heavy (non-hydrogen) atoms. The molecule has 5 N–H and O–H groups in total. The zero-order valence-corrected chi connectivity index (χ0v) is 8.12. The first-order chi connectivity index (χ1) is 6.80. The van der Waals surface area contributed by atoms with Gasteiger partial charge in [-0.05, 0) is 0 Å². The molecule has 1 rings (SSSR count). The molecule has 0 aliphatic carbocycles. The molecular weight excluding hydrogens is 182 g/mol. The summed E-state index contributed by atoms with van der Waals surface area (Å²) in [6.07, 6.45) is 0.739. The van der Waals surface area contributed by atoms with Gasteiger partial charge < -0.3 is 15.8 Å². The van der Waals surface area contributed by atoms with Crippen molar-refractivity contribution in [1.82, 2.24) is 9.97 Å². The normalized spacial score (nSPS) is 9.93. The minimum atomic E-state index is 0.0663. The summed E-state index contributed by atoms with van der Waals surface area (Å²) in [4.78, 5) is 8.34. The van der Waals surface area contributed by atoms with E-state index in [-0.39, 0.29) is 6.61 Å². The SMILES string of the molecule is CCc1nc(NN)cc(NCCO)n1. The summed E-state index contributed by atoms with van der Waals surface area (Å²) >= 11 is 0. The van der Waals surface area contributed by atoms with Crippen LogP contribution in [0.25, 0.3) is 0 Å². The molecule has 0 amide bonds. The number of anilines is 2. The quantitative estimate of drug-likeness (QED) is 0.383. The Morgan fingerprint density at radius 3 is 2.71 bits per heavy atom. The van der Waals surface area contributed by atoms with Crippen LogP contribution in [0.4, 0.5) is 11.6 Å². The number of nitrogens with one attached hydrogen (secondary N) is 2. The van der Waals surface area contributed by atoms with E-state index < -0.39 is 0 Å². The molecule has 0 aromatic carbocycles. The zero-order chi connectivity index (χ0) is 10.4. The monoisotopic (exact) mass is 197 g/mol. The molecule has 0 atom stereocenters. The Hall–Kier alpha value is -1.40. The zero-order valence-electron chi connectivity index (χ0n) is 8.12.